The molecule has 39 heavy (non-hydrogen) atoms. The molecule has 0 saturated heterocycles. The zero-order valence-corrected chi connectivity index (χ0v) is 25.3. The number of hydrogen-bond donors (Lipinski definition) is 1. The van der Waals surface area contributed by atoms with Crippen LogP contribution >= 0.6 is 27.5 Å². The molecule has 0 bridgehead atoms. The van der Waals surface area contributed by atoms with Crippen molar-refractivity contribution >= 4 is 55.1 Å². The maximum absolute atomic E-state index is 14.0. The average Bonchev–Trinajstić information content (AvgIpc) is 2.89. The fourth-order valence-corrected chi connectivity index (χ4v) is 5.47. The highest BCUT2D eigenvalue weighted by Crippen LogP contribution is 2.23. The number of anilines is 1. The first-order valence-corrected chi connectivity index (χ1v) is 15.6. The number of sulfonamides is 1. The van der Waals surface area contributed by atoms with Crippen LogP contribution in [0, 0.1) is 0 Å². The Bertz CT molecular complexity index is 1370. The largest absolute Gasteiger partial charge is 0.352 e. The highest BCUT2D eigenvalue weighted by Gasteiger charge is 2.33. The van der Waals surface area contributed by atoms with E-state index in [1.165, 1.54) is 4.90 Å². The Morgan fingerprint density at radius 2 is 1.62 bits per heavy atom. The third-order valence-electron chi connectivity index (χ3n) is 6.31. The van der Waals surface area contributed by atoms with Crippen LogP contribution in [0.3, 0.4) is 0 Å². The molecule has 3 aromatic rings. The van der Waals surface area contributed by atoms with Crippen LogP contribution in [-0.2, 0) is 32.6 Å². The van der Waals surface area contributed by atoms with E-state index in [2.05, 4.69) is 21.2 Å². The maximum Gasteiger partial charge on any atom is 0.244 e. The number of benzene rings is 3. The first-order valence-electron chi connectivity index (χ1n) is 12.6. The standard InChI is InChI=1S/C29H33BrClN3O4S/c1-4-21(2)32-29(36)27(18-22-9-6-5-7-10-22)33(19-23-11-8-12-24(30)17-23)28(35)20-34(39(3,37)38)26-15-13-25(31)14-16-26/h5-17,21,27H,4,18-20H2,1-3H3,(H,32,36)/t21-,27-/m0/s1. The van der Waals surface area contributed by atoms with Crippen molar-refractivity contribution in [1.82, 2.24) is 10.2 Å². The molecule has 0 radical (unpaired) electrons. The van der Waals surface area contributed by atoms with Crippen molar-refractivity contribution in [2.45, 2.75) is 45.3 Å². The van der Waals surface area contributed by atoms with Crippen LogP contribution in [0.15, 0.2) is 83.3 Å². The summed E-state index contributed by atoms with van der Waals surface area (Å²) in [4.78, 5) is 29.1. The van der Waals surface area contributed by atoms with Crippen LogP contribution < -0.4 is 9.62 Å². The van der Waals surface area contributed by atoms with Gasteiger partial charge in [0.2, 0.25) is 21.8 Å². The summed E-state index contributed by atoms with van der Waals surface area (Å²) in [5.74, 6) is -0.801. The maximum atomic E-state index is 14.0. The predicted molar refractivity (Wildman–Crippen MR) is 160 cm³/mol. The summed E-state index contributed by atoms with van der Waals surface area (Å²) in [5, 5.41) is 3.46. The third-order valence-corrected chi connectivity index (χ3v) is 8.19. The Kier molecular flexibility index (Phi) is 11.0. The summed E-state index contributed by atoms with van der Waals surface area (Å²) in [6, 6.07) is 22.2. The number of carbonyl (C=O) groups excluding carboxylic acids is 2. The van der Waals surface area contributed by atoms with Crippen molar-refractivity contribution in [2.75, 3.05) is 17.1 Å². The lowest BCUT2D eigenvalue weighted by atomic mass is 10.0. The van der Waals surface area contributed by atoms with Gasteiger partial charge in [-0.05, 0) is 60.9 Å². The lowest BCUT2D eigenvalue weighted by molar-refractivity contribution is -0.140. The van der Waals surface area contributed by atoms with Gasteiger partial charge in [0, 0.05) is 28.5 Å². The molecule has 1 N–H and O–H groups in total. The van der Waals surface area contributed by atoms with E-state index in [-0.39, 0.29) is 24.9 Å². The summed E-state index contributed by atoms with van der Waals surface area (Å²) in [5.41, 5.74) is 1.98. The summed E-state index contributed by atoms with van der Waals surface area (Å²) in [6.45, 7) is 3.51. The Hall–Kier alpha value is -2.88. The van der Waals surface area contributed by atoms with Crippen LogP contribution in [0.2, 0.25) is 5.02 Å². The molecular weight excluding hydrogens is 602 g/mol. The zero-order chi connectivity index (χ0) is 28.6. The average molecular weight is 635 g/mol. The first kappa shape index (κ1) is 30.7. The smallest absolute Gasteiger partial charge is 0.244 e. The Labute approximate surface area is 244 Å². The molecule has 3 aromatic carbocycles. The van der Waals surface area contributed by atoms with Gasteiger partial charge in [0.05, 0.1) is 11.9 Å². The van der Waals surface area contributed by atoms with Crippen molar-refractivity contribution in [1.29, 1.82) is 0 Å². The molecule has 0 fully saturated rings. The lowest BCUT2D eigenvalue weighted by Crippen LogP contribution is -2.54. The summed E-state index contributed by atoms with van der Waals surface area (Å²) >= 11 is 9.48. The summed E-state index contributed by atoms with van der Waals surface area (Å²) < 4.78 is 27.4. The molecule has 10 heteroatoms. The molecule has 0 saturated carbocycles. The SMILES string of the molecule is CC[C@H](C)NC(=O)[C@H](Cc1ccccc1)N(Cc1cccc(Br)c1)C(=O)CN(c1ccc(Cl)cc1)S(C)(=O)=O. The van der Waals surface area contributed by atoms with Gasteiger partial charge in [0.25, 0.3) is 0 Å². The number of halogens is 2. The van der Waals surface area contributed by atoms with E-state index in [1.807, 2.05) is 68.4 Å². The fourth-order valence-electron chi connectivity index (χ4n) is 4.05. The minimum Gasteiger partial charge on any atom is -0.352 e. The molecule has 208 valence electrons. The van der Waals surface area contributed by atoms with Gasteiger partial charge in [-0.3, -0.25) is 13.9 Å². The number of hydrogen-bond acceptors (Lipinski definition) is 4. The quantitative estimate of drug-likeness (QED) is 0.288. The number of nitrogens with zero attached hydrogens (tertiary/aromatic N) is 2. The van der Waals surface area contributed by atoms with E-state index in [0.29, 0.717) is 10.7 Å². The van der Waals surface area contributed by atoms with E-state index >= 15 is 0 Å². The van der Waals surface area contributed by atoms with Crippen LogP contribution in [0.1, 0.15) is 31.4 Å². The molecule has 7 nitrogen and oxygen atoms in total. The molecule has 0 aromatic heterocycles. The minimum atomic E-state index is -3.83. The zero-order valence-electron chi connectivity index (χ0n) is 22.2. The van der Waals surface area contributed by atoms with Crippen molar-refractivity contribution in [2.24, 2.45) is 0 Å². The lowest BCUT2D eigenvalue weighted by Gasteiger charge is -2.34. The van der Waals surface area contributed by atoms with Crippen molar-refractivity contribution in [3.63, 3.8) is 0 Å². The molecule has 0 aliphatic rings. The van der Waals surface area contributed by atoms with Crippen molar-refractivity contribution < 1.29 is 18.0 Å². The Morgan fingerprint density at radius 1 is 0.974 bits per heavy atom. The van der Waals surface area contributed by atoms with E-state index in [9.17, 15) is 18.0 Å². The van der Waals surface area contributed by atoms with E-state index in [1.54, 1.807) is 24.3 Å². The highest BCUT2D eigenvalue weighted by atomic mass is 79.9. The Morgan fingerprint density at radius 3 is 2.21 bits per heavy atom. The molecule has 0 aliphatic carbocycles. The molecule has 3 rings (SSSR count). The Balaban J connectivity index is 2.05. The van der Waals surface area contributed by atoms with Gasteiger partial charge < -0.3 is 10.2 Å². The summed E-state index contributed by atoms with van der Waals surface area (Å²) in [7, 11) is -3.83. The van der Waals surface area contributed by atoms with Crippen LogP contribution in [0.4, 0.5) is 5.69 Å². The number of nitrogens with one attached hydrogen (secondary N) is 1. The highest BCUT2D eigenvalue weighted by molar-refractivity contribution is 9.10. The fraction of sp³-hybridized carbons (Fsp3) is 0.310. The van der Waals surface area contributed by atoms with E-state index in [4.69, 9.17) is 11.6 Å². The summed E-state index contributed by atoms with van der Waals surface area (Å²) in [6.07, 6.45) is 2.04. The third kappa shape index (κ3) is 9.08. The van der Waals surface area contributed by atoms with Crippen molar-refractivity contribution in [3.05, 3.63) is 99.5 Å². The van der Waals surface area contributed by atoms with Gasteiger partial charge >= 0.3 is 0 Å². The van der Waals surface area contributed by atoms with Crippen molar-refractivity contribution in [3.8, 4) is 0 Å². The topological polar surface area (TPSA) is 86.8 Å². The van der Waals surface area contributed by atoms with E-state index < -0.39 is 28.5 Å². The minimum absolute atomic E-state index is 0.0971. The van der Waals surface area contributed by atoms with Crippen LogP contribution in [0.25, 0.3) is 0 Å². The van der Waals surface area contributed by atoms with Gasteiger partial charge in [-0.2, -0.15) is 0 Å². The van der Waals surface area contributed by atoms with Gasteiger partial charge in [-0.15, -0.1) is 0 Å². The molecule has 0 heterocycles. The molecular formula is C29H33BrClN3O4S. The van der Waals surface area contributed by atoms with E-state index in [0.717, 1.165) is 32.6 Å². The second-order valence-corrected chi connectivity index (χ2v) is 12.7. The normalized spacial score (nSPS) is 12.8. The molecule has 0 aliphatic heterocycles. The second kappa shape index (κ2) is 14.0. The monoisotopic (exact) mass is 633 g/mol. The number of rotatable bonds is 12. The molecule has 2 atom stereocenters. The number of carbonyl (C=O) groups is 2. The van der Waals surface area contributed by atoms with Crippen LogP contribution in [0.5, 0.6) is 0 Å². The van der Waals surface area contributed by atoms with Gasteiger partial charge in [0.1, 0.15) is 12.6 Å². The second-order valence-electron chi connectivity index (χ2n) is 9.42. The van der Waals surface area contributed by atoms with Gasteiger partial charge in [-0.1, -0.05) is 76.9 Å². The van der Waals surface area contributed by atoms with Crippen LogP contribution in [-0.4, -0.2) is 50.0 Å². The first-order chi connectivity index (χ1) is 18.5. The number of amides is 2. The predicted octanol–water partition coefficient (Wildman–Crippen LogP) is 5.42. The van der Waals surface area contributed by atoms with Gasteiger partial charge in [0.15, 0.2) is 0 Å². The molecule has 0 spiro atoms. The molecule has 2 amide bonds. The van der Waals surface area contributed by atoms with Gasteiger partial charge in [-0.25, -0.2) is 8.42 Å². The molecule has 0 unspecified atom stereocenters.